The molecule has 0 atom stereocenters. The third-order valence-electron chi connectivity index (χ3n) is 2.49. The van der Waals surface area contributed by atoms with Gasteiger partial charge in [-0.2, -0.15) is 0 Å². The maximum absolute atomic E-state index is 11.8. The molecule has 1 heterocycles. The van der Waals surface area contributed by atoms with E-state index < -0.39 is 11.9 Å². The summed E-state index contributed by atoms with van der Waals surface area (Å²) in [6.45, 7) is 0. The summed E-state index contributed by atoms with van der Waals surface area (Å²) in [4.78, 5) is 22.9. The van der Waals surface area contributed by atoms with Gasteiger partial charge in [-0.15, -0.1) is 0 Å². The molecule has 98 valence electrons. The minimum Gasteiger partial charge on any atom is -0.497 e. The predicted octanol–water partition coefficient (Wildman–Crippen LogP) is 2.24. The first-order valence-corrected chi connectivity index (χ1v) is 5.36. The van der Waals surface area contributed by atoms with E-state index in [0.29, 0.717) is 11.3 Å². The molecule has 6 nitrogen and oxygen atoms in total. The number of carbonyl (C=O) groups excluding carboxylic acids is 1. The van der Waals surface area contributed by atoms with Gasteiger partial charge in [0.2, 0.25) is 0 Å². The lowest BCUT2D eigenvalue weighted by molar-refractivity contribution is 0.0697. The van der Waals surface area contributed by atoms with Gasteiger partial charge in [-0.25, -0.2) is 4.79 Å². The number of nitrogens with one attached hydrogen (secondary N) is 1. The molecule has 0 spiro atoms. The molecule has 1 aromatic heterocycles. The number of carboxylic acid groups (broad SMARTS) is 1. The first-order chi connectivity index (χ1) is 9.11. The predicted molar refractivity (Wildman–Crippen MR) is 66.6 cm³/mol. The zero-order valence-corrected chi connectivity index (χ0v) is 10.0. The maximum atomic E-state index is 11.8. The molecule has 6 heteroatoms. The van der Waals surface area contributed by atoms with E-state index in [9.17, 15) is 9.59 Å². The smallest absolute Gasteiger partial charge is 0.337 e. The largest absolute Gasteiger partial charge is 0.497 e. The van der Waals surface area contributed by atoms with Crippen molar-refractivity contribution in [3.63, 3.8) is 0 Å². The van der Waals surface area contributed by atoms with Gasteiger partial charge in [-0.1, -0.05) is 0 Å². The summed E-state index contributed by atoms with van der Waals surface area (Å²) < 4.78 is 9.74. The fourth-order valence-corrected chi connectivity index (χ4v) is 1.52. The lowest BCUT2D eigenvalue weighted by Gasteiger charge is -2.09. The summed E-state index contributed by atoms with van der Waals surface area (Å²) >= 11 is 0. The molecular weight excluding hydrogens is 250 g/mol. The second-order valence-electron chi connectivity index (χ2n) is 3.68. The number of ether oxygens (including phenoxy) is 1. The Kier molecular flexibility index (Phi) is 3.51. The Bertz CT molecular complexity index is 604. The van der Waals surface area contributed by atoms with E-state index in [1.165, 1.54) is 37.8 Å². The summed E-state index contributed by atoms with van der Waals surface area (Å²) in [5.74, 6) is -1.19. The van der Waals surface area contributed by atoms with E-state index in [4.69, 9.17) is 14.3 Å². The van der Waals surface area contributed by atoms with Gasteiger partial charge < -0.3 is 19.6 Å². The number of anilines is 1. The lowest BCUT2D eigenvalue weighted by atomic mass is 10.1. The Labute approximate surface area is 108 Å². The summed E-state index contributed by atoms with van der Waals surface area (Å²) in [5.41, 5.74) is 0.461. The quantitative estimate of drug-likeness (QED) is 0.881. The van der Waals surface area contributed by atoms with E-state index in [1.54, 1.807) is 6.07 Å². The number of furan rings is 1. The number of hydrogen-bond acceptors (Lipinski definition) is 4. The van der Waals surface area contributed by atoms with Crippen LogP contribution in [0.5, 0.6) is 5.75 Å². The van der Waals surface area contributed by atoms with Crippen LogP contribution in [0.3, 0.4) is 0 Å². The minimum atomic E-state index is -1.15. The van der Waals surface area contributed by atoms with Crippen LogP contribution >= 0.6 is 0 Å². The van der Waals surface area contributed by atoms with Gasteiger partial charge in [0, 0.05) is 0 Å². The van der Waals surface area contributed by atoms with Crippen molar-refractivity contribution >= 4 is 17.6 Å². The fraction of sp³-hybridized carbons (Fsp3) is 0.0769. The summed E-state index contributed by atoms with van der Waals surface area (Å²) in [6, 6.07) is 5.87. The van der Waals surface area contributed by atoms with E-state index in [1.807, 2.05) is 0 Å². The van der Waals surface area contributed by atoms with Gasteiger partial charge in [0.25, 0.3) is 5.91 Å². The third kappa shape index (κ3) is 2.74. The van der Waals surface area contributed by atoms with Crippen LogP contribution in [0.15, 0.2) is 41.2 Å². The number of rotatable bonds is 4. The molecule has 2 rings (SSSR count). The fourth-order valence-electron chi connectivity index (χ4n) is 1.52. The van der Waals surface area contributed by atoms with Crippen LogP contribution < -0.4 is 10.1 Å². The van der Waals surface area contributed by atoms with Crippen molar-refractivity contribution in [2.45, 2.75) is 0 Å². The summed E-state index contributed by atoms with van der Waals surface area (Å²) in [7, 11) is 1.44. The lowest BCUT2D eigenvalue weighted by Crippen LogP contribution is -2.14. The van der Waals surface area contributed by atoms with Gasteiger partial charge in [-0.3, -0.25) is 4.79 Å². The average molecular weight is 261 g/mol. The normalized spacial score (nSPS) is 9.95. The number of aromatic carboxylic acids is 1. The Morgan fingerprint density at radius 3 is 2.68 bits per heavy atom. The molecule has 0 saturated heterocycles. The van der Waals surface area contributed by atoms with Crippen LogP contribution in [0.2, 0.25) is 0 Å². The molecule has 0 saturated carbocycles. The van der Waals surface area contributed by atoms with Crippen LogP contribution in [0.4, 0.5) is 5.69 Å². The molecule has 0 aliphatic rings. The number of carboxylic acids is 1. The highest BCUT2D eigenvalue weighted by Gasteiger charge is 2.15. The Morgan fingerprint density at radius 1 is 1.32 bits per heavy atom. The van der Waals surface area contributed by atoms with Crippen molar-refractivity contribution in [1.29, 1.82) is 0 Å². The summed E-state index contributed by atoms with van der Waals surface area (Å²) in [5, 5.41) is 11.6. The van der Waals surface area contributed by atoms with E-state index >= 15 is 0 Å². The zero-order chi connectivity index (χ0) is 13.8. The van der Waals surface area contributed by atoms with Crippen LogP contribution in [0.1, 0.15) is 20.7 Å². The SMILES string of the molecule is COc1ccc(NC(=O)c2ccoc2)c(C(=O)O)c1. The molecule has 19 heavy (non-hydrogen) atoms. The van der Waals surface area contributed by atoms with Crippen molar-refractivity contribution < 1.29 is 23.8 Å². The Balaban J connectivity index is 2.29. The van der Waals surface area contributed by atoms with Crippen molar-refractivity contribution in [1.82, 2.24) is 0 Å². The molecule has 0 bridgehead atoms. The first kappa shape index (κ1) is 12.7. The molecule has 1 amide bonds. The van der Waals surface area contributed by atoms with Crippen molar-refractivity contribution in [2.75, 3.05) is 12.4 Å². The van der Waals surface area contributed by atoms with Gasteiger partial charge in [-0.05, 0) is 24.3 Å². The van der Waals surface area contributed by atoms with Gasteiger partial charge in [0.05, 0.1) is 30.2 Å². The molecular formula is C13H11NO5. The number of carbonyl (C=O) groups is 2. The molecule has 1 aromatic carbocycles. The van der Waals surface area contributed by atoms with Crippen LogP contribution in [0.25, 0.3) is 0 Å². The zero-order valence-electron chi connectivity index (χ0n) is 10.0. The number of hydrogen-bond donors (Lipinski definition) is 2. The van der Waals surface area contributed by atoms with E-state index in [2.05, 4.69) is 5.32 Å². The second kappa shape index (κ2) is 5.26. The number of benzene rings is 1. The molecule has 0 fully saturated rings. The highest BCUT2D eigenvalue weighted by atomic mass is 16.5. The summed E-state index contributed by atoms with van der Waals surface area (Å²) in [6.07, 6.45) is 2.64. The molecule has 0 unspecified atom stereocenters. The first-order valence-electron chi connectivity index (χ1n) is 5.36. The molecule has 0 aliphatic heterocycles. The maximum Gasteiger partial charge on any atom is 0.337 e. The molecule has 2 aromatic rings. The monoisotopic (exact) mass is 261 g/mol. The number of amides is 1. The second-order valence-corrected chi connectivity index (χ2v) is 3.68. The van der Waals surface area contributed by atoms with Gasteiger partial charge in [0.15, 0.2) is 0 Å². The van der Waals surface area contributed by atoms with Crippen LogP contribution in [0, 0.1) is 0 Å². The Hall–Kier alpha value is -2.76. The van der Waals surface area contributed by atoms with Crippen LogP contribution in [-0.2, 0) is 0 Å². The van der Waals surface area contributed by atoms with E-state index in [0.717, 1.165) is 0 Å². The standard InChI is InChI=1S/C13H11NO5/c1-18-9-2-3-11(10(6-9)13(16)17)14-12(15)8-4-5-19-7-8/h2-7H,1H3,(H,14,15)(H,16,17). The van der Waals surface area contributed by atoms with E-state index in [-0.39, 0.29) is 11.3 Å². The molecule has 0 aliphatic carbocycles. The van der Waals surface area contributed by atoms with Gasteiger partial charge >= 0.3 is 5.97 Å². The van der Waals surface area contributed by atoms with Crippen molar-refractivity contribution in [3.05, 3.63) is 47.9 Å². The van der Waals surface area contributed by atoms with Gasteiger partial charge in [0.1, 0.15) is 12.0 Å². The van der Waals surface area contributed by atoms with Crippen molar-refractivity contribution in [2.24, 2.45) is 0 Å². The van der Waals surface area contributed by atoms with Crippen LogP contribution in [-0.4, -0.2) is 24.1 Å². The van der Waals surface area contributed by atoms with Crippen molar-refractivity contribution in [3.8, 4) is 5.75 Å². The third-order valence-corrected chi connectivity index (χ3v) is 2.49. The Morgan fingerprint density at radius 2 is 2.11 bits per heavy atom. The molecule has 2 N–H and O–H groups in total. The molecule has 0 radical (unpaired) electrons. The topological polar surface area (TPSA) is 88.8 Å². The highest BCUT2D eigenvalue weighted by Crippen LogP contribution is 2.22. The number of methoxy groups -OCH3 is 1. The minimum absolute atomic E-state index is 0.0452. The highest BCUT2D eigenvalue weighted by molar-refractivity contribution is 6.07. The average Bonchev–Trinajstić information content (AvgIpc) is 2.92.